The highest BCUT2D eigenvalue weighted by Gasteiger charge is 2.07. The standard InChI is InChI=1S/C13H20O/c1-5-8-14-13-9-11(4)6-7-12(13)10(2)3/h6-7,9-10H,5,8H2,1-4H3. The Kier molecular flexibility index (Phi) is 3.99. The van der Waals surface area contributed by atoms with Crippen molar-refractivity contribution in [3.05, 3.63) is 29.3 Å². The summed E-state index contributed by atoms with van der Waals surface area (Å²) in [5.41, 5.74) is 2.57. The van der Waals surface area contributed by atoms with Gasteiger partial charge in [-0.15, -0.1) is 0 Å². The van der Waals surface area contributed by atoms with Gasteiger partial charge in [0.15, 0.2) is 0 Å². The van der Waals surface area contributed by atoms with Crippen LogP contribution in [-0.2, 0) is 0 Å². The maximum absolute atomic E-state index is 5.73. The van der Waals surface area contributed by atoms with Crippen LogP contribution in [0.2, 0.25) is 0 Å². The lowest BCUT2D eigenvalue weighted by Gasteiger charge is -2.14. The van der Waals surface area contributed by atoms with Gasteiger partial charge in [-0.05, 0) is 36.5 Å². The molecule has 1 aromatic carbocycles. The van der Waals surface area contributed by atoms with Crippen LogP contribution in [0.3, 0.4) is 0 Å². The fourth-order valence-corrected chi connectivity index (χ4v) is 1.46. The van der Waals surface area contributed by atoms with Crippen molar-refractivity contribution in [3.8, 4) is 5.75 Å². The Morgan fingerprint density at radius 1 is 1.29 bits per heavy atom. The molecule has 14 heavy (non-hydrogen) atoms. The predicted octanol–water partition coefficient (Wildman–Crippen LogP) is 3.91. The van der Waals surface area contributed by atoms with Crippen LogP contribution in [0.15, 0.2) is 18.2 Å². The summed E-state index contributed by atoms with van der Waals surface area (Å²) in [6.07, 6.45) is 1.06. The van der Waals surface area contributed by atoms with Crippen molar-refractivity contribution in [2.45, 2.75) is 40.0 Å². The number of hydrogen-bond acceptors (Lipinski definition) is 1. The average Bonchev–Trinajstić information content (AvgIpc) is 2.14. The van der Waals surface area contributed by atoms with Crippen LogP contribution in [0.1, 0.15) is 44.2 Å². The van der Waals surface area contributed by atoms with E-state index in [2.05, 4.69) is 45.9 Å². The van der Waals surface area contributed by atoms with E-state index in [-0.39, 0.29) is 0 Å². The minimum Gasteiger partial charge on any atom is -0.493 e. The summed E-state index contributed by atoms with van der Waals surface area (Å²) in [7, 11) is 0. The highest BCUT2D eigenvalue weighted by molar-refractivity contribution is 5.39. The molecule has 0 radical (unpaired) electrons. The van der Waals surface area contributed by atoms with Crippen molar-refractivity contribution in [3.63, 3.8) is 0 Å². The zero-order valence-corrected chi connectivity index (χ0v) is 9.63. The van der Waals surface area contributed by atoms with E-state index in [1.165, 1.54) is 11.1 Å². The Labute approximate surface area is 87.1 Å². The minimum absolute atomic E-state index is 0.530. The first kappa shape index (κ1) is 11.1. The predicted molar refractivity (Wildman–Crippen MR) is 61.1 cm³/mol. The largest absolute Gasteiger partial charge is 0.493 e. The molecule has 0 N–H and O–H groups in total. The first-order valence-electron chi connectivity index (χ1n) is 5.38. The van der Waals surface area contributed by atoms with Crippen molar-refractivity contribution in [1.82, 2.24) is 0 Å². The third-order valence-corrected chi connectivity index (χ3v) is 2.25. The second-order valence-corrected chi connectivity index (χ2v) is 4.04. The minimum atomic E-state index is 0.530. The van der Waals surface area contributed by atoms with Gasteiger partial charge in [0, 0.05) is 0 Å². The van der Waals surface area contributed by atoms with E-state index in [0.29, 0.717) is 5.92 Å². The van der Waals surface area contributed by atoms with Crippen LogP contribution in [0.25, 0.3) is 0 Å². The number of benzene rings is 1. The number of aryl methyl sites for hydroxylation is 1. The van der Waals surface area contributed by atoms with E-state index in [9.17, 15) is 0 Å². The monoisotopic (exact) mass is 192 g/mol. The molecule has 0 amide bonds. The van der Waals surface area contributed by atoms with E-state index >= 15 is 0 Å². The summed E-state index contributed by atoms with van der Waals surface area (Å²) < 4.78 is 5.73. The fraction of sp³-hybridized carbons (Fsp3) is 0.538. The second-order valence-electron chi connectivity index (χ2n) is 4.04. The van der Waals surface area contributed by atoms with E-state index in [4.69, 9.17) is 4.74 Å². The van der Waals surface area contributed by atoms with Crippen molar-refractivity contribution < 1.29 is 4.74 Å². The molecular formula is C13H20O. The van der Waals surface area contributed by atoms with Gasteiger partial charge in [0.05, 0.1) is 6.61 Å². The molecule has 0 fully saturated rings. The number of rotatable bonds is 4. The lowest BCUT2D eigenvalue weighted by molar-refractivity contribution is 0.313. The molecule has 0 atom stereocenters. The highest BCUT2D eigenvalue weighted by Crippen LogP contribution is 2.27. The third kappa shape index (κ3) is 2.76. The van der Waals surface area contributed by atoms with Crippen LogP contribution in [0, 0.1) is 6.92 Å². The highest BCUT2D eigenvalue weighted by atomic mass is 16.5. The van der Waals surface area contributed by atoms with Crippen LogP contribution < -0.4 is 4.74 Å². The first-order valence-corrected chi connectivity index (χ1v) is 5.38. The lowest BCUT2D eigenvalue weighted by atomic mass is 10.0. The van der Waals surface area contributed by atoms with Crippen LogP contribution in [0.5, 0.6) is 5.75 Å². The van der Waals surface area contributed by atoms with Gasteiger partial charge in [-0.3, -0.25) is 0 Å². The maximum Gasteiger partial charge on any atom is 0.122 e. The third-order valence-electron chi connectivity index (χ3n) is 2.25. The molecule has 0 saturated carbocycles. The molecule has 0 aliphatic rings. The smallest absolute Gasteiger partial charge is 0.122 e. The maximum atomic E-state index is 5.73. The van der Waals surface area contributed by atoms with E-state index < -0.39 is 0 Å². The molecular weight excluding hydrogens is 172 g/mol. The zero-order valence-electron chi connectivity index (χ0n) is 9.63. The van der Waals surface area contributed by atoms with Gasteiger partial charge in [0.2, 0.25) is 0 Å². The van der Waals surface area contributed by atoms with Gasteiger partial charge in [0.25, 0.3) is 0 Å². The molecule has 0 spiro atoms. The Bertz CT molecular complexity index is 289. The number of ether oxygens (including phenoxy) is 1. The van der Waals surface area contributed by atoms with E-state index in [1.807, 2.05) is 0 Å². The van der Waals surface area contributed by atoms with E-state index in [1.54, 1.807) is 0 Å². The molecule has 0 aliphatic carbocycles. The van der Waals surface area contributed by atoms with Gasteiger partial charge < -0.3 is 4.74 Å². The normalized spacial score (nSPS) is 10.6. The summed E-state index contributed by atoms with van der Waals surface area (Å²) in [5.74, 6) is 1.59. The molecule has 1 nitrogen and oxygen atoms in total. The molecule has 78 valence electrons. The van der Waals surface area contributed by atoms with Crippen molar-refractivity contribution in [1.29, 1.82) is 0 Å². The molecule has 1 heteroatoms. The summed E-state index contributed by atoms with van der Waals surface area (Å²) in [6, 6.07) is 6.45. The Hall–Kier alpha value is -0.980. The van der Waals surface area contributed by atoms with Crippen molar-refractivity contribution >= 4 is 0 Å². The SMILES string of the molecule is CCCOc1cc(C)ccc1C(C)C. The number of hydrogen-bond donors (Lipinski definition) is 0. The van der Waals surface area contributed by atoms with Gasteiger partial charge in [-0.25, -0.2) is 0 Å². The van der Waals surface area contributed by atoms with Crippen molar-refractivity contribution in [2.24, 2.45) is 0 Å². The zero-order chi connectivity index (χ0) is 10.6. The first-order chi connectivity index (χ1) is 6.65. The average molecular weight is 192 g/mol. The van der Waals surface area contributed by atoms with Gasteiger partial charge >= 0.3 is 0 Å². The van der Waals surface area contributed by atoms with Crippen LogP contribution in [-0.4, -0.2) is 6.61 Å². The summed E-state index contributed by atoms with van der Waals surface area (Å²) in [5, 5.41) is 0. The van der Waals surface area contributed by atoms with Gasteiger partial charge in [-0.2, -0.15) is 0 Å². The Morgan fingerprint density at radius 3 is 2.57 bits per heavy atom. The summed E-state index contributed by atoms with van der Waals surface area (Å²) in [6.45, 7) is 9.43. The van der Waals surface area contributed by atoms with Gasteiger partial charge in [0.1, 0.15) is 5.75 Å². The lowest BCUT2D eigenvalue weighted by Crippen LogP contribution is -2.00. The quantitative estimate of drug-likeness (QED) is 0.703. The summed E-state index contributed by atoms with van der Waals surface area (Å²) in [4.78, 5) is 0. The molecule has 1 rings (SSSR count). The Morgan fingerprint density at radius 2 is 2.00 bits per heavy atom. The van der Waals surface area contributed by atoms with Crippen LogP contribution >= 0.6 is 0 Å². The fourth-order valence-electron chi connectivity index (χ4n) is 1.46. The molecule has 0 aliphatic heterocycles. The molecule has 0 aromatic heterocycles. The summed E-state index contributed by atoms with van der Waals surface area (Å²) >= 11 is 0. The molecule has 0 saturated heterocycles. The molecule has 0 heterocycles. The Balaban J connectivity index is 2.91. The van der Waals surface area contributed by atoms with E-state index in [0.717, 1.165) is 18.8 Å². The molecule has 0 unspecified atom stereocenters. The van der Waals surface area contributed by atoms with Gasteiger partial charge in [-0.1, -0.05) is 32.9 Å². The van der Waals surface area contributed by atoms with Crippen molar-refractivity contribution in [2.75, 3.05) is 6.61 Å². The molecule has 0 bridgehead atoms. The molecule has 1 aromatic rings. The van der Waals surface area contributed by atoms with Crippen LogP contribution in [0.4, 0.5) is 0 Å². The second kappa shape index (κ2) is 5.04. The topological polar surface area (TPSA) is 9.23 Å².